The van der Waals surface area contributed by atoms with Crippen molar-refractivity contribution in [2.45, 2.75) is 218 Å². The number of carbonyl (C=O) groups excluding carboxylic acids is 1. The molecule has 6 atom stereocenters. The summed E-state index contributed by atoms with van der Waals surface area (Å²) in [6, 6.07) is 0. The van der Waals surface area contributed by atoms with E-state index in [4.69, 9.17) is 18.9 Å². The summed E-state index contributed by atoms with van der Waals surface area (Å²) >= 11 is 0. The maximum atomic E-state index is 12.8. The number of hydrogen-bond acceptors (Lipinski definition) is 9. The van der Waals surface area contributed by atoms with E-state index in [1.165, 1.54) is 96.3 Å². The number of ether oxygens (including phenoxy) is 4. The molecule has 0 radical (unpaired) electrons. The van der Waals surface area contributed by atoms with Gasteiger partial charge in [-0.15, -0.1) is 0 Å². The lowest BCUT2D eigenvalue weighted by molar-refractivity contribution is -0.305. The third kappa shape index (κ3) is 29.4. The largest absolute Gasteiger partial charge is 0.457 e. The minimum atomic E-state index is -1.54. The molecule has 1 heterocycles. The van der Waals surface area contributed by atoms with Crippen molar-refractivity contribution in [1.29, 1.82) is 0 Å². The lowest BCUT2D eigenvalue weighted by Gasteiger charge is -2.39. The Morgan fingerprint density at radius 1 is 0.589 bits per heavy atom. The number of carbonyl (C=O) groups is 1. The molecule has 0 spiro atoms. The molecule has 0 bridgehead atoms. The number of aliphatic hydroxyl groups excluding tert-OH is 4. The molecule has 0 aromatic rings. The number of esters is 1. The summed E-state index contributed by atoms with van der Waals surface area (Å²) in [5, 5.41) is 40.1. The molecule has 56 heavy (non-hydrogen) atoms. The van der Waals surface area contributed by atoms with Gasteiger partial charge in [-0.25, -0.2) is 0 Å². The molecule has 0 saturated carbocycles. The first kappa shape index (κ1) is 52.2. The van der Waals surface area contributed by atoms with Crippen molar-refractivity contribution in [2.24, 2.45) is 0 Å². The van der Waals surface area contributed by atoms with Crippen molar-refractivity contribution in [3.8, 4) is 0 Å². The Bertz CT molecular complexity index is 994. The zero-order valence-electron chi connectivity index (χ0n) is 35.6. The summed E-state index contributed by atoms with van der Waals surface area (Å²) in [4.78, 5) is 12.8. The first-order valence-corrected chi connectivity index (χ1v) is 22.7. The first-order chi connectivity index (χ1) is 27.4. The number of aliphatic hydroxyl groups is 4. The smallest absolute Gasteiger partial charge is 0.306 e. The molecular formula is C47H84O9. The highest BCUT2D eigenvalue weighted by molar-refractivity contribution is 5.69. The predicted octanol–water partition coefficient (Wildman–Crippen LogP) is 10.1. The molecule has 9 heteroatoms. The third-order valence-electron chi connectivity index (χ3n) is 10.2. The average Bonchev–Trinajstić information content (AvgIpc) is 3.20. The standard InChI is InChI=1S/C47H84O9/c1-3-5-7-9-11-13-15-17-19-21-22-24-26-28-30-32-34-36-43(49)55-41(40-54-47-46(52)45(51)44(50)42(38-48)56-47)39-53-37-35-33-31-29-27-25-23-20-18-16-14-12-10-8-6-4-2/h6,8,12,14,17-20,41-42,44-48,50-52H,3-5,7,9-11,13,15-16,21-40H2,1-2H3/b8-6-,14-12-,19-17-,20-18-. The lowest BCUT2D eigenvalue weighted by atomic mass is 9.99. The van der Waals surface area contributed by atoms with Crippen LogP contribution in [0.5, 0.6) is 0 Å². The van der Waals surface area contributed by atoms with Crippen molar-refractivity contribution in [3.63, 3.8) is 0 Å². The summed E-state index contributed by atoms with van der Waals surface area (Å²) in [5.74, 6) is -0.324. The van der Waals surface area contributed by atoms with Gasteiger partial charge in [0.2, 0.25) is 0 Å². The Labute approximate surface area is 342 Å². The van der Waals surface area contributed by atoms with Crippen LogP contribution in [0.4, 0.5) is 0 Å². The van der Waals surface area contributed by atoms with Crippen molar-refractivity contribution in [3.05, 3.63) is 48.6 Å². The van der Waals surface area contributed by atoms with Crippen molar-refractivity contribution in [2.75, 3.05) is 26.4 Å². The van der Waals surface area contributed by atoms with Crippen LogP contribution in [0.3, 0.4) is 0 Å². The van der Waals surface area contributed by atoms with E-state index >= 15 is 0 Å². The first-order valence-electron chi connectivity index (χ1n) is 22.7. The molecule has 4 N–H and O–H groups in total. The highest BCUT2D eigenvalue weighted by atomic mass is 16.7. The summed E-state index contributed by atoms with van der Waals surface area (Å²) in [7, 11) is 0. The van der Waals surface area contributed by atoms with E-state index in [0.717, 1.165) is 64.2 Å². The van der Waals surface area contributed by atoms with Gasteiger partial charge in [0.15, 0.2) is 6.29 Å². The van der Waals surface area contributed by atoms with Gasteiger partial charge in [0.25, 0.3) is 0 Å². The monoisotopic (exact) mass is 793 g/mol. The van der Waals surface area contributed by atoms with Crippen LogP contribution in [-0.4, -0.2) is 89.6 Å². The molecule has 0 aromatic carbocycles. The molecule has 1 rings (SSSR count). The van der Waals surface area contributed by atoms with Crippen molar-refractivity contribution < 1.29 is 44.2 Å². The highest BCUT2D eigenvalue weighted by Gasteiger charge is 2.44. The molecule has 326 valence electrons. The average molecular weight is 793 g/mol. The summed E-state index contributed by atoms with van der Waals surface area (Å²) in [6.07, 6.45) is 39.9. The quantitative estimate of drug-likeness (QED) is 0.0274. The number of hydrogen-bond donors (Lipinski definition) is 4. The van der Waals surface area contributed by atoms with Gasteiger partial charge in [-0.2, -0.15) is 0 Å². The van der Waals surface area contributed by atoms with Gasteiger partial charge in [0, 0.05) is 13.0 Å². The summed E-state index contributed by atoms with van der Waals surface area (Å²) in [6.45, 7) is 4.41. The van der Waals surface area contributed by atoms with Crippen LogP contribution >= 0.6 is 0 Å². The van der Waals surface area contributed by atoms with E-state index < -0.39 is 43.4 Å². The van der Waals surface area contributed by atoms with Gasteiger partial charge in [-0.3, -0.25) is 4.79 Å². The second-order valence-electron chi connectivity index (χ2n) is 15.5. The molecule has 1 aliphatic heterocycles. The molecule has 0 aliphatic carbocycles. The molecule has 1 saturated heterocycles. The van der Waals surface area contributed by atoms with Gasteiger partial charge in [-0.05, 0) is 70.6 Å². The van der Waals surface area contributed by atoms with E-state index in [9.17, 15) is 25.2 Å². The van der Waals surface area contributed by atoms with Crippen LogP contribution in [0.2, 0.25) is 0 Å². The van der Waals surface area contributed by atoms with Crippen LogP contribution in [-0.2, 0) is 23.7 Å². The van der Waals surface area contributed by atoms with Gasteiger partial charge in [0.1, 0.15) is 30.5 Å². The normalized spacial score (nSPS) is 21.0. The van der Waals surface area contributed by atoms with E-state index in [0.29, 0.717) is 13.0 Å². The lowest BCUT2D eigenvalue weighted by Crippen LogP contribution is -2.59. The zero-order valence-corrected chi connectivity index (χ0v) is 35.6. The van der Waals surface area contributed by atoms with Gasteiger partial charge >= 0.3 is 5.97 Å². The van der Waals surface area contributed by atoms with E-state index in [1.807, 2.05) is 0 Å². The second kappa shape index (κ2) is 38.7. The molecule has 9 nitrogen and oxygen atoms in total. The Hall–Kier alpha value is -1.85. The van der Waals surface area contributed by atoms with Crippen molar-refractivity contribution >= 4 is 5.97 Å². The van der Waals surface area contributed by atoms with Crippen LogP contribution < -0.4 is 0 Å². The maximum Gasteiger partial charge on any atom is 0.306 e. The van der Waals surface area contributed by atoms with E-state index in [1.54, 1.807) is 0 Å². The third-order valence-corrected chi connectivity index (χ3v) is 10.2. The van der Waals surface area contributed by atoms with Gasteiger partial charge < -0.3 is 39.4 Å². The van der Waals surface area contributed by atoms with Crippen LogP contribution in [0, 0.1) is 0 Å². The fourth-order valence-electron chi connectivity index (χ4n) is 6.68. The number of rotatable bonds is 38. The van der Waals surface area contributed by atoms with Crippen LogP contribution in [0.1, 0.15) is 181 Å². The summed E-state index contributed by atoms with van der Waals surface area (Å²) < 4.78 is 22.8. The highest BCUT2D eigenvalue weighted by Crippen LogP contribution is 2.22. The Morgan fingerprint density at radius 3 is 1.66 bits per heavy atom. The fraction of sp³-hybridized carbons (Fsp3) is 0.809. The molecular weight excluding hydrogens is 709 g/mol. The fourth-order valence-corrected chi connectivity index (χ4v) is 6.68. The number of unbranched alkanes of at least 4 members (excludes halogenated alkanes) is 19. The van der Waals surface area contributed by atoms with Crippen LogP contribution in [0.25, 0.3) is 0 Å². The maximum absolute atomic E-state index is 12.8. The summed E-state index contributed by atoms with van der Waals surface area (Å²) in [5.41, 5.74) is 0. The van der Waals surface area contributed by atoms with E-state index in [-0.39, 0.29) is 19.2 Å². The Morgan fingerprint density at radius 2 is 1.09 bits per heavy atom. The minimum Gasteiger partial charge on any atom is -0.457 e. The Kier molecular flexibility index (Phi) is 36.0. The van der Waals surface area contributed by atoms with E-state index in [2.05, 4.69) is 62.5 Å². The predicted molar refractivity (Wildman–Crippen MR) is 228 cm³/mol. The Balaban J connectivity index is 2.27. The van der Waals surface area contributed by atoms with Crippen LogP contribution in [0.15, 0.2) is 48.6 Å². The van der Waals surface area contributed by atoms with Gasteiger partial charge in [-0.1, -0.05) is 152 Å². The molecule has 0 aromatic heterocycles. The molecule has 1 aliphatic rings. The minimum absolute atomic E-state index is 0.121. The SMILES string of the molecule is CC/C=C\C/C=C\C/C=C\CCCCCCCCOCC(COC1OC(CO)C(O)C(O)C1O)OC(=O)CCCCCCCCC/C=C\CCCCCCCC. The van der Waals surface area contributed by atoms with Gasteiger partial charge in [0.05, 0.1) is 19.8 Å². The number of allylic oxidation sites excluding steroid dienone is 8. The van der Waals surface area contributed by atoms with Crippen molar-refractivity contribution in [1.82, 2.24) is 0 Å². The topological polar surface area (TPSA) is 135 Å². The zero-order chi connectivity index (χ0) is 40.7. The molecule has 6 unspecified atom stereocenters. The molecule has 0 amide bonds. The molecule has 1 fully saturated rings. The second-order valence-corrected chi connectivity index (χ2v) is 15.5.